The molecule has 4 nitrogen and oxygen atoms in total. The Kier molecular flexibility index (Phi) is 3.89. The first kappa shape index (κ1) is 17.3. The molecular formula is C25H15BrN4. The Labute approximate surface area is 181 Å². The van der Waals surface area contributed by atoms with Gasteiger partial charge in [0, 0.05) is 27.0 Å². The van der Waals surface area contributed by atoms with Crippen molar-refractivity contribution in [2.24, 2.45) is 0 Å². The van der Waals surface area contributed by atoms with Crippen LogP contribution in [0.25, 0.3) is 50.0 Å². The average Bonchev–Trinajstić information content (AvgIpc) is 3.14. The zero-order chi connectivity index (χ0) is 20.1. The lowest BCUT2D eigenvalue weighted by molar-refractivity contribution is 1.01. The molecule has 0 aliphatic rings. The lowest BCUT2D eigenvalue weighted by Gasteiger charge is -2.11. The highest BCUT2D eigenvalue weighted by Crippen LogP contribution is 2.36. The number of nitrogens with zero attached hydrogens (tertiary/aromatic N) is 4. The van der Waals surface area contributed by atoms with Crippen LogP contribution in [-0.2, 0) is 0 Å². The molecule has 0 aliphatic carbocycles. The molecule has 142 valence electrons. The van der Waals surface area contributed by atoms with Crippen LogP contribution in [0.5, 0.6) is 0 Å². The smallest absolute Gasteiger partial charge is 0.235 e. The summed E-state index contributed by atoms with van der Waals surface area (Å²) in [5.74, 6) is 0.638. The van der Waals surface area contributed by atoms with Gasteiger partial charge in [0.2, 0.25) is 5.95 Å². The molecule has 6 aromatic rings. The zero-order valence-electron chi connectivity index (χ0n) is 15.8. The molecule has 0 atom stereocenters. The normalized spacial score (nSPS) is 11.5. The Morgan fingerprint density at radius 1 is 0.700 bits per heavy atom. The molecule has 0 bridgehead atoms. The minimum absolute atomic E-state index is 0.638. The molecule has 0 aliphatic heterocycles. The molecule has 0 saturated heterocycles. The summed E-state index contributed by atoms with van der Waals surface area (Å²) in [5, 5.41) is 2.32. The van der Waals surface area contributed by atoms with Gasteiger partial charge in [-0.25, -0.2) is 9.97 Å². The van der Waals surface area contributed by atoms with E-state index in [0.29, 0.717) is 5.95 Å². The standard InChI is InChI=1S/C25H15BrN4/c26-18-11-6-14-21-22(18)17-10-4-5-13-20(17)30(21)25-28-19-12-7-15-27-24(19)23(29-25)16-8-2-1-3-9-16/h1-15H. The van der Waals surface area contributed by atoms with Crippen LogP contribution in [0.3, 0.4) is 0 Å². The van der Waals surface area contributed by atoms with Gasteiger partial charge in [0.25, 0.3) is 0 Å². The van der Waals surface area contributed by atoms with E-state index in [1.807, 2.05) is 42.5 Å². The first-order valence-corrected chi connectivity index (χ1v) is 10.5. The molecule has 0 unspecified atom stereocenters. The van der Waals surface area contributed by atoms with Gasteiger partial charge in [0.05, 0.1) is 16.6 Å². The van der Waals surface area contributed by atoms with Crippen molar-refractivity contribution < 1.29 is 0 Å². The lowest BCUT2D eigenvalue weighted by atomic mass is 10.1. The van der Waals surface area contributed by atoms with Crippen LogP contribution in [0.4, 0.5) is 0 Å². The van der Waals surface area contributed by atoms with Gasteiger partial charge in [-0.15, -0.1) is 0 Å². The number of halogens is 1. The van der Waals surface area contributed by atoms with E-state index >= 15 is 0 Å². The summed E-state index contributed by atoms with van der Waals surface area (Å²) in [6, 6.07) is 28.6. The third-order valence-corrected chi connectivity index (χ3v) is 6.00. The second-order valence-corrected chi connectivity index (χ2v) is 7.95. The number of para-hydroxylation sites is 1. The predicted octanol–water partition coefficient (Wildman–Crippen LogP) is 6.55. The zero-order valence-corrected chi connectivity index (χ0v) is 17.4. The molecule has 5 heteroatoms. The Bertz CT molecular complexity index is 1550. The van der Waals surface area contributed by atoms with Crippen LogP contribution < -0.4 is 0 Å². The fraction of sp³-hybridized carbons (Fsp3) is 0. The molecule has 0 spiro atoms. The summed E-state index contributed by atoms with van der Waals surface area (Å²) in [6.07, 6.45) is 1.79. The monoisotopic (exact) mass is 450 g/mol. The quantitative estimate of drug-likeness (QED) is 0.300. The van der Waals surface area contributed by atoms with Crippen molar-refractivity contribution >= 4 is 48.8 Å². The Morgan fingerprint density at radius 2 is 1.50 bits per heavy atom. The number of fused-ring (bicyclic) bond motifs is 4. The lowest BCUT2D eigenvalue weighted by Crippen LogP contribution is -2.04. The number of benzene rings is 3. The van der Waals surface area contributed by atoms with Gasteiger partial charge in [-0.3, -0.25) is 9.55 Å². The molecule has 3 heterocycles. The molecule has 0 radical (unpaired) electrons. The fourth-order valence-electron chi connectivity index (χ4n) is 4.04. The maximum atomic E-state index is 5.02. The van der Waals surface area contributed by atoms with Crippen molar-refractivity contribution in [3.05, 3.63) is 95.6 Å². The van der Waals surface area contributed by atoms with E-state index < -0.39 is 0 Å². The summed E-state index contributed by atoms with van der Waals surface area (Å²) >= 11 is 3.73. The van der Waals surface area contributed by atoms with Gasteiger partial charge in [-0.1, -0.05) is 70.5 Å². The Morgan fingerprint density at radius 3 is 2.40 bits per heavy atom. The minimum Gasteiger partial charge on any atom is -0.278 e. The van der Waals surface area contributed by atoms with Crippen molar-refractivity contribution in [2.45, 2.75) is 0 Å². The fourth-order valence-corrected chi connectivity index (χ4v) is 4.61. The van der Waals surface area contributed by atoms with Crippen molar-refractivity contribution in [1.82, 2.24) is 19.5 Å². The number of rotatable bonds is 2. The van der Waals surface area contributed by atoms with E-state index in [4.69, 9.17) is 9.97 Å². The summed E-state index contributed by atoms with van der Waals surface area (Å²) in [5.41, 5.74) is 5.61. The molecule has 6 rings (SSSR count). The largest absolute Gasteiger partial charge is 0.278 e. The topological polar surface area (TPSA) is 43.6 Å². The van der Waals surface area contributed by atoms with Crippen LogP contribution in [-0.4, -0.2) is 19.5 Å². The van der Waals surface area contributed by atoms with E-state index in [9.17, 15) is 0 Å². The molecule has 0 amide bonds. The molecule has 0 N–H and O–H groups in total. The van der Waals surface area contributed by atoms with Crippen molar-refractivity contribution in [3.8, 4) is 17.2 Å². The van der Waals surface area contributed by atoms with Crippen LogP contribution in [0.1, 0.15) is 0 Å². The van der Waals surface area contributed by atoms with Crippen molar-refractivity contribution in [2.75, 3.05) is 0 Å². The number of aromatic nitrogens is 4. The second kappa shape index (κ2) is 6.75. The first-order chi connectivity index (χ1) is 14.8. The number of hydrogen-bond acceptors (Lipinski definition) is 3. The Balaban J connectivity index is 1.77. The molecule has 0 saturated carbocycles. The van der Waals surface area contributed by atoms with Gasteiger partial charge in [0.1, 0.15) is 11.2 Å². The molecule has 3 aromatic heterocycles. The predicted molar refractivity (Wildman–Crippen MR) is 125 cm³/mol. The highest BCUT2D eigenvalue weighted by atomic mass is 79.9. The first-order valence-electron chi connectivity index (χ1n) is 9.67. The van der Waals surface area contributed by atoms with Crippen LogP contribution >= 0.6 is 15.9 Å². The van der Waals surface area contributed by atoms with Crippen molar-refractivity contribution in [3.63, 3.8) is 0 Å². The van der Waals surface area contributed by atoms with Gasteiger partial charge in [0.15, 0.2) is 0 Å². The summed E-state index contributed by atoms with van der Waals surface area (Å²) in [7, 11) is 0. The van der Waals surface area contributed by atoms with E-state index in [0.717, 1.165) is 48.6 Å². The van der Waals surface area contributed by atoms with Gasteiger partial charge < -0.3 is 0 Å². The van der Waals surface area contributed by atoms with E-state index in [2.05, 4.69) is 67.9 Å². The van der Waals surface area contributed by atoms with Crippen LogP contribution in [0.15, 0.2) is 95.6 Å². The van der Waals surface area contributed by atoms with Crippen LogP contribution in [0, 0.1) is 0 Å². The highest BCUT2D eigenvalue weighted by Gasteiger charge is 2.18. The maximum absolute atomic E-state index is 5.02. The third kappa shape index (κ3) is 2.56. The summed E-state index contributed by atoms with van der Waals surface area (Å²) in [6.45, 7) is 0. The van der Waals surface area contributed by atoms with Gasteiger partial charge in [-0.05, 0) is 30.3 Å². The average molecular weight is 451 g/mol. The van der Waals surface area contributed by atoms with Gasteiger partial charge >= 0.3 is 0 Å². The van der Waals surface area contributed by atoms with Crippen LogP contribution in [0.2, 0.25) is 0 Å². The molecule has 0 fully saturated rings. The highest BCUT2D eigenvalue weighted by molar-refractivity contribution is 9.10. The molecular weight excluding hydrogens is 436 g/mol. The minimum atomic E-state index is 0.638. The van der Waals surface area contributed by atoms with E-state index in [1.165, 1.54) is 0 Å². The Hall–Kier alpha value is -3.57. The number of pyridine rings is 1. The second-order valence-electron chi connectivity index (χ2n) is 7.10. The van der Waals surface area contributed by atoms with E-state index in [-0.39, 0.29) is 0 Å². The van der Waals surface area contributed by atoms with E-state index in [1.54, 1.807) is 6.20 Å². The molecule has 3 aromatic carbocycles. The summed E-state index contributed by atoms with van der Waals surface area (Å²) in [4.78, 5) is 14.5. The summed E-state index contributed by atoms with van der Waals surface area (Å²) < 4.78 is 3.19. The maximum Gasteiger partial charge on any atom is 0.235 e. The van der Waals surface area contributed by atoms with Crippen molar-refractivity contribution in [1.29, 1.82) is 0 Å². The number of hydrogen-bond donors (Lipinski definition) is 0. The van der Waals surface area contributed by atoms with Gasteiger partial charge in [-0.2, -0.15) is 0 Å². The SMILES string of the molecule is Brc1cccc2c1c1ccccc1n2-c1nc(-c2ccccc2)c2ncccc2n1. The third-order valence-electron chi connectivity index (χ3n) is 5.34. The molecule has 30 heavy (non-hydrogen) atoms.